The number of benzene rings is 2. The highest BCUT2D eigenvalue weighted by Crippen LogP contribution is 2.29. The Hall–Kier alpha value is -2.66. The van der Waals surface area contributed by atoms with Crippen LogP contribution < -0.4 is 10.5 Å². The number of amides is 1. The molecule has 27 heavy (non-hydrogen) atoms. The monoisotopic (exact) mass is 406 g/mol. The van der Waals surface area contributed by atoms with E-state index in [-0.39, 0.29) is 5.56 Å². The van der Waals surface area contributed by atoms with Crippen LogP contribution in [0.3, 0.4) is 0 Å². The maximum Gasteiger partial charge on any atom is 0.573 e. The van der Waals surface area contributed by atoms with Crippen molar-refractivity contribution in [1.29, 1.82) is 0 Å². The summed E-state index contributed by atoms with van der Waals surface area (Å²) in [7, 11) is -3.28. The second kappa shape index (κ2) is 7.53. The Morgan fingerprint density at radius 3 is 2.22 bits per heavy atom. The number of hydrogen-bond donors (Lipinski definition) is 1. The van der Waals surface area contributed by atoms with E-state index in [4.69, 9.17) is 5.73 Å². The molecule has 11 heteroatoms. The molecule has 0 spiro atoms. The Morgan fingerprint density at radius 1 is 1.15 bits per heavy atom. The number of sulfonamides is 1. The molecule has 0 aromatic heterocycles. The lowest BCUT2D eigenvalue weighted by atomic mass is 10.1. The van der Waals surface area contributed by atoms with Crippen LogP contribution in [-0.4, -0.2) is 32.0 Å². The van der Waals surface area contributed by atoms with E-state index < -0.39 is 44.8 Å². The molecule has 2 N–H and O–H groups in total. The van der Waals surface area contributed by atoms with Crippen molar-refractivity contribution in [3.63, 3.8) is 0 Å². The predicted molar refractivity (Wildman–Crippen MR) is 86.4 cm³/mol. The maximum atomic E-state index is 13.4. The van der Waals surface area contributed by atoms with Crippen molar-refractivity contribution in [2.75, 3.05) is 7.05 Å². The second-order valence-corrected chi connectivity index (χ2v) is 7.40. The molecule has 0 saturated carbocycles. The number of nitrogens with two attached hydrogens (primary N) is 1. The zero-order valence-corrected chi connectivity index (χ0v) is 14.6. The van der Waals surface area contributed by atoms with Gasteiger partial charge in [-0.3, -0.25) is 4.79 Å². The lowest BCUT2D eigenvalue weighted by Gasteiger charge is -2.25. The fourth-order valence-corrected chi connectivity index (χ4v) is 3.66. The molecule has 2 aromatic rings. The fraction of sp³-hybridized carbons (Fsp3) is 0.188. The van der Waals surface area contributed by atoms with E-state index in [1.54, 1.807) is 0 Å². The second-order valence-electron chi connectivity index (χ2n) is 5.40. The van der Waals surface area contributed by atoms with Crippen LogP contribution in [-0.2, 0) is 14.8 Å². The quantitative estimate of drug-likeness (QED) is 0.747. The van der Waals surface area contributed by atoms with Crippen LogP contribution in [0.4, 0.5) is 17.6 Å². The summed E-state index contributed by atoms with van der Waals surface area (Å²) < 4.78 is 79.7. The van der Waals surface area contributed by atoms with Crippen molar-refractivity contribution in [1.82, 2.24) is 4.31 Å². The van der Waals surface area contributed by atoms with Crippen LogP contribution in [0.25, 0.3) is 0 Å². The molecule has 0 aliphatic carbocycles. The van der Waals surface area contributed by atoms with Gasteiger partial charge >= 0.3 is 6.36 Å². The molecular weight excluding hydrogens is 392 g/mol. The minimum Gasteiger partial charge on any atom is -0.406 e. The van der Waals surface area contributed by atoms with Crippen molar-refractivity contribution in [3.05, 3.63) is 59.9 Å². The van der Waals surface area contributed by atoms with Gasteiger partial charge in [0, 0.05) is 7.05 Å². The molecule has 0 heterocycles. The van der Waals surface area contributed by atoms with Gasteiger partial charge in [-0.25, -0.2) is 12.8 Å². The van der Waals surface area contributed by atoms with Gasteiger partial charge in [-0.05, 0) is 42.0 Å². The molecule has 1 unspecified atom stereocenters. The predicted octanol–water partition coefficient (Wildman–Crippen LogP) is 2.57. The third kappa shape index (κ3) is 4.95. The number of hydrogen-bond acceptors (Lipinski definition) is 4. The first kappa shape index (κ1) is 20.6. The largest absolute Gasteiger partial charge is 0.573 e. The van der Waals surface area contributed by atoms with Gasteiger partial charge in [-0.1, -0.05) is 12.1 Å². The van der Waals surface area contributed by atoms with Crippen LogP contribution in [0.1, 0.15) is 11.6 Å². The average Bonchev–Trinajstić information content (AvgIpc) is 2.53. The smallest absolute Gasteiger partial charge is 0.406 e. The molecule has 146 valence electrons. The molecule has 0 fully saturated rings. The first-order valence-corrected chi connectivity index (χ1v) is 8.74. The first-order valence-electron chi connectivity index (χ1n) is 7.30. The average molecular weight is 406 g/mol. The highest BCUT2D eigenvalue weighted by Gasteiger charge is 2.34. The number of alkyl halides is 3. The summed E-state index contributed by atoms with van der Waals surface area (Å²) in [6.07, 6.45) is -4.92. The summed E-state index contributed by atoms with van der Waals surface area (Å²) in [5, 5.41) is 0. The van der Waals surface area contributed by atoms with Gasteiger partial charge in [-0.15, -0.1) is 13.2 Å². The molecule has 2 rings (SSSR count). The molecule has 0 aliphatic heterocycles. The molecular formula is C16H14F4N2O4S. The van der Waals surface area contributed by atoms with Crippen molar-refractivity contribution < 1.29 is 35.5 Å². The van der Waals surface area contributed by atoms with Gasteiger partial charge < -0.3 is 10.5 Å². The first-order chi connectivity index (χ1) is 12.4. The highest BCUT2D eigenvalue weighted by atomic mass is 32.2. The van der Waals surface area contributed by atoms with Crippen LogP contribution in [0.5, 0.6) is 5.75 Å². The number of nitrogens with zero attached hydrogens (tertiary/aromatic N) is 1. The zero-order chi connectivity index (χ0) is 20.4. The van der Waals surface area contributed by atoms with E-state index in [1.165, 1.54) is 12.1 Å². The van der Waals surface area contributed by atoms with E-state index >= 15 is 0 Å². The number of carbonyl (C=O) groups is 1. The Kier molecular flexibility index (Phi) is 5.76. The highest BCUT2D eigenvalue weighted by molar-refractivity contribution is 7.89. The third-order valence-electron chi connectivity index (χ3n) is 3.53. The van der Waals surface area contributed by atoms with Gasteiger partial charge in [0.05, 0.1) is 4.90 Å². The lowest BCUT2D eigenvalue weighted by Crippen LogP contribution is -2.39. The third-order valence-corrected chi connectivity index (χ3v) is 5.37. The van der Waals surface area contributed by atoms with Gasteiger partial charge in [0.25, 0.3) is 0 Å². The van der Waals surface area contributed by atoms with E-state index in [0.29, 0.717) is 4.31 Å². The Labute approximate surface area is 152 Å². The summed E-state index contributed by atoms with van der Waals surface area (Å²) in [4.78, 5) is 11.4. The van der Waals surface area contributed by atoms with Crippen LogP contribution in [0.15, 0.2) is 53.4 Å². The molecule has 1 amide bonds. The zero-order valence-electron chi connectivity index (χ0n) is 13.8. The Balaban J connectivity index is 2.37. The summed E-state index contributed by atoms with van der Waals surface area (Å²) in [6.45, 7) is 0. The molecule has 0 saturated heterocycles. The summed E-state index contributed by atoms with van der Waals surface area (Å²) in [6, 6.07) is 6.56. The Morgan fingerprint density at radius 2 is 1.74 bits per heavy atom. The number of halogens is 4. The summed E-state index contributed by atoms with van der Waals surface area (Å²) in [5.74, 6) is -2.36. The van der Waals surface area contributed by atoms with E-state index in [2.05, 4.69) is 4.74 Å². The molecule has 2 aromatic carbocycles. The number of rotatable bonds is 6. The SMILES string of the molecule is CN(C(C(N)=O)c1cccc(F)c1)S(=O)(=O)c1ccc(OC(F)(F)F)cc1. The lowest BCUT2D eigenvalue weighted by molar-refractivity contribution is -0.274. The van der Waals surface area contributed by atoms with Crippen LogP contribution in [0, 0.1) is 5.82 Å². The minimum atomic E-state index is -4.92. The number of carbonyl (C=O) groups excluding carboxylic acids is 1. The molecule has 0 aliphatic rings. The van der Waals surface area contributed by atoms with Crippen molar-refractivity contribution in [2.45, 2.75) is 17.3 Å². The van der Waals surface area contributed by atoms with E-state index in [1.807, 2.05) is 0 Å². The molecule has 1 atom stereocenters. The topological polar surface area (TPSA) is 89.7 Å². The molecule has 0 bridgehead atoms. The summed E-state index contributed by atoms with van der Waals surface area (Å²) >= 11 is 0. The van der Waals surface area contributed by atoms with E-state index in [9.17, 15) is 30.8 Å². The maximum absolute atomic E-state index is 13.4. The summed E-state index contributed by atoms with van der Waals surface area (Å²) in [5.41, 5.74) is 5.28. The number of likely N-dealkylation sites (N-methyl/N-ethyl adjacent to an activating group) is 1. The van der Waals surface area contributed by atoms with Crippen molar-refractivity contribution in [2.24, 2.45) is 5.73 Å². The number of ether oxygens (including phenoxy) is 1. The standard InChI is InChI=1S/C16H14F4N2O4S/c1-22(14(15(21)23)10-3-2-4-11(17)9-10)27(24,25)13-7-5-12(6-8-13)26-16(18,19)20/h2-9,14H,1H3,(H2,21,23). The normalized spacial score (nSPS) is 13.4. The van der Waals surface area contributed by atoms with Gasteiger partial charge in [0.1, 0.15) is 17.6 Å². The van der Waals surface area contributed by atoms with Gasteiger partial charge in [-0.2, -0.15) is 4.31 Å². The van der Waals surface area contributed by atoms with Gasteiger partial charge in [0.15, 0.2) is 0 Å². The molecule has 0 radical (unpaired) electrons. The Bertz CT molecular complexity index is 930. The molecule has 6 nitrogen and oxygen atoms in total. The fourth-order valence-electron chi connectivity index (χ4n) is 2.35. The van der Waals surface area contributed by atoms with Gasteiger partial charge in [0.2, 0.25) is 15.9 Å². The minimum absolute atomic E-state index is 0.00519. The van der Waals surface area contributed by atoms with Crippen LogP contribution >= 0.6 is 0 Å². The van der Waals surface area contributed by atoms with Crippen molar-refractivity contribution in [3.8, 4) is 5.75 Å². The van der Waals surface area contributed by atoms with E-state index in [0.717, 1.165) is 43.4 Å². The van der Waals surface area contributed by atoms with Crippen LogP contribution in [0.2, 0.25) is 0 Å². The number of primary amides is 1. The van der Waals surface area contributed by atoms with Crippen molar-refractivity contribution >= 4 is 15.9 Å².